The van der Waals surface area contributed by atoms with Crippen molar-refractivity contribution < 1.29 is 18.3 Å². The zero-order valence-electron chi connectivity index (χ0n) is 10.8. The largest absolute Gasteiger partial charge is 0.506 e. The Morgan fingerprint density at radius 3 is 2.55 bits per heavy atom. The van der Waals surface area contributed by atoms with Crippen LogP contribution in [0.25, 0.3) is 16.7 Å². The predicted octanol–water partition coefficient (Wildman–Crippen LogP) is 3.70. The lowest BCUT2D eigenvalue weighted by Gasteiger charge is -2.11. The number of imidazole rings is 1. The van der Waals surface area contributed by atoms with Crippen LogP contribution in [0.15, 0.2) is 41.2 Å². The molecular formula is C14H8ClF3N2O2. The van der Waals surface area contributed by atoms with Gasteiger partial charge in [-0.1, -0.05) is 11.6 Å². The van der Waals surface area contributed by atoms with Crippen molar-refractivity contribution in [3.8, 4) is 11.4 Å². The Labute approximate surface area is 126 Å². The number of nitrogens with zero attached hydrogens (tertiary/aromatic N) is 1. The van der Waals surface area contributed by atoms with Crippen LogP contribution in [-0.2, 0) is 6.18 Å². The van der Waals surface area contributed by atoms with Crippen LogP contribution in [0.1, 0.15) is 5.56 Å². The number of aromatic amines is 1. The Balaban J connectivity index is 2.32. The van der Waals surface area contributed by atoms with Gasteiger partial charge in [-0.15, -0.1) is 0 Å². The fraction of sp³-hybridized carbons (Fsp3) is 0.0714. The van der Waals surface area contributed by atoms with Crippen molar-refractivity contribution in [2.45, 2.75) is 6.18 Å². The van der Waals surface area contributed by atoms with Gasteiger partial charge in [0.25, 0.3) is 0 Å². The molecule has 0 amide bonds. The summed E-state index contributed by atoms with van der Waals surface area (Å²) in [5, 5.41) is 10.2. The van der Waals surface area contributed by atoms with Gasteiger partial charge in [0.2, 0.25) is 0 Å². The first kappa shape index (κ1) is 14.5. The lowest BCUT2D eigenvalue weighted by atomic mass is 10.1. The quantitative estimate of drug-likeness (QED) is 0.715. The maximum Gasteiger partial charge on any atom is 0.416 e. The average Bonchev–Trinajstić information content (AvgIpc) is 2.73. The van der Waals surface area contributed by atoms with Gasteiger partial charge in [0, 0.05) is 5.02 Å². The third kappa shape index (κ3) is 2.33. The molecule has 0 aliphatic heterocycles. The molecule has 0 fully saturated rings. The number of hydrogen-bond acceptors (Lipinski definition) is 2. The summed E-state index contributed by atoms with van der Waals surface area (Å²) in [7, 11) is 0. The van der Waals surface area contributed by atoms with Crippen LogP contribution in [-0.4, -0.2) is 14.7 Å². The highest BCUT2D eigenvalue weighted by Crippen LogP contribution is 2.34. The molecule has 0 atom stereocenters. The van der Waals surface area contributed by atoms with Gasteiger partial charge in [-0.05, 0) is 36.4 Å². The van der Waals surface area contributed by atoms with Crippen molar-refractivity contribution in [2.75, 3.05) is 0 Å². The Morgan fingerprint density at radius 1 is 1.14 bits per heavy atom. The van der Waals surface area contributed by atoms with E-state index in [0.29, 0.717) is 16.1 Å². The van der Waals surface area contributed by atoms with Crippen LogP contribution in [0.2, 0.25) is 5.02 Å². The summed E-state index contributed by atoms with van der Waals surface area (Å²) < 4.78 is 39.4. The molecule has 4 nitrogen and oxygen atoms in total. The van der Waals surface area contributed by atoms with Crippen molar-refractivity contribution in [3.05, 3.63) is 57.5 Å². The van der Waals surface area contributed by atoms with Crippen molar-refractivity contribution in [3.63, 3.8) is 0 Å². The molecule has 1 aromatic heterocycles. The number of benzene rings is 2. The first-order valence-electron chi connectivity index (χ1n) is 6.08. The fourth-order valence-electron chi connectivity index (χ4n) is 2.20. The predicted molar refractivity (Wildman–Crippen MR) is 75.6 cm³/mol. The molecule has 0 aliphatic carbocycles. The van der Waals surface area contributed by atoms with E-state index < -0.39 is 23.2 Å². The van der Waals surface area contributed by atoms with Crippen molar-refractivity contribution in [1.29, 1.82) is 0 Å². The van der Waals surface area contributed by atoms with E-state index in [1.54, 1.807) is 0 Å². The number of alkyl halides is 3. The Kier molecular flexibility index (Phi) is 3.17. The number of fused-ring (bicyclic) bond motifs is 1. The number of phenolic OH excluding ortho intramolecular Hbond substituents is 1. The summed E-state index contributed by atoms with van der Waals surface area (Å²) >= 11 is 5.81. The van der Waals surface area contributed by atoms with Gasteiger partial charge < -0.3 is 10.1 Å². The summed E-state index contributed by atoms with van der Waals surface area (Å²) in [4.78, 5) is 14.5. The third-order valence-electron chi connectivity index (χ3n) is 3.19. The molecule has 8 heteroatoms. The zero-order chi connectivity index (χ0) is 16.1. The standard InChI is InChI=1S/C14H8ClF3N2O2/c15-8-2-3-10-9(6-8)19-13(22)20(10)11-5-7(14(16,17)18)1-4-12(11)21/h1-6,21H,(H,19,22). The molecule has 114 valence electrons. The lowest BCUT2D eigenvalue weighted by Crippen LogP contribution is -2.16. The molecule has 0 aliphatic rings. The molecule has 3 aromatic rings. The molecule has 1 heterocycles. The van der Waals surface area contributed by atoms with E-state index in [4.69, 9.17) is 11.6 Å². The highest BCUT2D eigenvalue weighted by Gasteiger charge is 2.31. The first-order valence-corrected chi connectivity index (χ1v) is 6.46. The molecular weight excluding hydrogens is 321 g/mol. The van der Waals surface area contributed by atoms with Gasteiger partial charge in [0.05, 0.1) is 22.3 Å². The van der Waals surface area contributed by atoms with Gasteiger partial charge in [-0.3, -0.25) is 4.57 Å². The van der Waals surface area contributed by atoms with Gasteiger partial charge in [-0.2, -0.15) is 13.2 Å². The zero-order valence-corrected chi connectivity index (χ0v) is 11.5. The van der Waals surface area contributed by atoms with Crippen LogP contribution >= 0.6 is 11.6 Å². The second-order valence-electron chi connectivity index (χ2n) is 4.63. The molecule has 3 rings (SSSR count). The van der Waals surface area contributed by atoms with Crippen LogP contribution in [0, 0.1) is 0 Å². The first-order chi connectivity index (χ1) is 10.3. The third-order valence-corrected chi connectivity index (χ3v) is 3.42. The Hall–Kier alpha value is -2.41. The topological polar surface area (TPSA) is 58.0 Å². The Bertz CT molecular complexity index is 928. The molecule has 0 unspecified atom stereocenters. The smallest absolute Gasteiger partial charge is 0.416 e. The molecule has 0 saturated carbocycles. The molecule has 0 saturated heterocycles. The second-order valence-corrected chi connectivity index (χ2v) is 5.06. The van der Waals surface area contributed by atoms with E-state index in [9.17, 15) is 23.1 Å². The summed E-state index contributed by atoms with van der Waals surface area (Å²) in [5.74, 6) is -0.439. The molecule has 2 N–H and O–H groups in total. The number of hydrogen-bond donors (Lipinski definition) is 2. The number of H-pyrrole nitrogens is 1. The van der Waals surface area contributed by atoms with Crippen molar-refractivity contribution >= 4 is 22.6 Å². The Morgan fingerprint density at radius 2 is 1.86 bits per heavy atom. The van der Waals surface area contributed by atoms with E-state index in [1.165, 1.54) is 18.2 Å². The summed E-state index contributed by atoms with van der Waals surface area (Å²) in [6.45, 7) is 0. The highest BCUT2D eigenvalue weighted by atomic mass is 35.5. The number of halogens is 4. The minimum absolute atomic E-state index is 0.256. The van der Waals surface area contributed by atoms with E-state index in [1.807, 2.05) is 0 Å². The number of rotatable bonds is 1. The van der Waals surface area contributed by atoms with E-state index in [0.717, 1.165) is 22.8 Å². The van der Waals surface area contributed by atoms with E-state index in [2.05, 4.69) is 4.98 Å². The summed E-state index contributed by atoms with van der Waals surface area (Å²) in [6, 6.07) is 6.82. The second kappa shape index (κ2) is 4.81. The molecule has 2 aromatic carbocycles. The van der Waals surface area contributed by atoms with Crippen LogP contribution in [0.3, 0.4) is 0 Å². The maximum absolute atomic E-state index is 12.8. The summed E-state index contributed by atoms with van der Waals surface area (Å²) in [6.07, 6.45) is -4.58. The number of aromatic nitrogens is 2. The SMILES string of the molecule is O=c1[nH]c2cc(Cl)ccc2n1-c1cc(C(F)(F)F)ccc1O. The molecule has 0 radical (unpaired) electrons. The average molecular weight is 329 g/mol. The number of phenols is 1. The van der Waals surface area contributed by atoms with E-state index >= 15 is 0 Å². The van der Waals surface area contributed by atoms with Crippen LogP contribution in [0.5, 0.6) is 5.75 Å². The minimum Gasteiger partial charge on any atom is -0.506 e. The van der Waals surface area contributed by atoms with Gasteiger partial charge in [0.15, 0.2) is 0 Å². The van der Waals surface area contributed by atoms with Crippen molar-refractivity contribution in [2.24, 2.45) is 0 Å². The normalized spacial score (nSPS) is 12.0. The van der Waals surface area contributed by atoms with Crippen LogP contribution in [0.4, 0.5) is 13.2 Å². The lowest BCUT2D eigenvalue weighted by molar-refractivity contribution is -0.137. The minimum atomic E-state index is -4.58. The fourth-order valence-corrected chi connectivity index (χ4v) is 2.37. The maximum atomic E-state index is 12.8. The van der Waals surface area contributed by atoms with Gasteiger partial charge in [-0.25, -0.2) is 4.79 Å². The highest BCUT2D eigenvalue weighted by molar-refractivity contribution is 6.31. The van der Waals surface area contributed by atoms with Crippen molar-refractivity contribution in [1.82, 2.24) is 9.55 Å². The van der Waals surface area contributed by atoms with Crippen LogP contribution < -0.4 is 5.69 Å². The molecule has 0 spiro atoms. The number of aromatic hydroxyl groups is 1. The van der Waals surface area contributed by atoms with Gasteiger partial charge >= 0.3 is 11.9 Å². The number of nitrogens with one attached hydrogen (secondary N) is 1. The summed E-state index contributed by atoms with van der Waals surface area (Å²) in [5.41, 5.74) is -1.23. The van der Waals surface area contributed by atoms with E-state index in [-0.39, 0.29) is 5.69 Å². The molecule has 22 heavy (non-hydrogen) atoms. The van der Waals surface area contributed by atoms with Gasteiger partial charge in [0.1, 0.15) is 5.75 Å². The monoisotopic (exact) mass is 328 g/mol. The molecule has 0 bridgehead atoms.